The Bertz CT molecular complexity index is 1060. The van der Waals surface area contributed by atoms with Crippen LogP contribution in [0.25, 0.3) is 20.8 Å². The van der Waals surface area contributed by atoms with E-state index in [1.54, 1.807) is 17.4 Å². The van der Waals surface area contributed by atoms with E-state index in [9.17, 15) is 5.11 Å². The maximum Gasteiger partial charge on any atom is 0.227 e. The highest BCUT2D eigenvalue weighted by atomic mass is 32.1. The van der Waals surface area contributed by atoms with Crippen molar-refractivity contribution in [2.75, 3.05) is 6.61 Å². The molecule has 0 amide bonds. The molecule has 2 aliphatic rings. The number of aromatic nitrogens is 1. The Hall–Kier alpha value is -1.95. The van der Waals surface area contributed by atoms with Crippen LogP contribution in [0.3, 0.4) is 0 Å². The van der Waals surface area contributed by atoms with Crippen molar-refractivity contribution in [1.82, 2.24) is 4.98 Å². The second-order valence-electron chi connectivity index (χ2n) is 9.54. The molecule has 2 aromatic carbocycles. The standard InChI is InChI=1S/C23H25NO3S/c1-20(2,3)23-21(4,5)13-26-22(23,27-23)14-10-11-15(17(25)12-14)19-24-16-8-6-7-9-18(16)28-19/h6-12,25H,13H2,1-5H3/t22-,23-/m0/s1. The Labute approximate surface area is 169 Å². The second-order valence-corrected chi connectivity index (χ2v) is 10.6. The van der Waals surface area contributed by atoms with Crippen LogP contribution >= 0.6 is 11.3 Å². The van der Waals surface area contributed by atoms with Gasteiger partial charge in [-0.15, -0.1) is 11.3 Å². The summed E-state index contributed by atoms with van der Waals surface area (Å²) >= 11 is 1.58. The lowest BCUT2D eigenvalue weighted by Crippen LogP contribution is -2.45. The zero-order valence-electron chi connectivity index (χ0n) is 16.9. The number of hydrogen-bond acceptors (Lipinski definition) is 5. The van der Waals surface area contributed by atoms with Crippen molar-refractivity contribution >= 4 is 21.6 Å². The predicted molar refractivity (Wildman–Crippen MR) is 111 cm³/mol. The number of aromatic hydroxyl groups is 1. The largest absolute Gasteiger partial charge is 0.507 e. The van der Waals surface area contributed by atoms with Crippen molar-refractivity contribution < 1.29 is 14.6 Å². The molecule has 0 unspecified atom stereocenters. The Morgan fingerprint density at radius 3 is 2.50 bits per heavy atom. The van der Waals surface area contributed by atoms with Gasteiger partial charge in [0.05, 0.1) is 22.4 Å². The molecule has 2 fully saturated rings. The Kier molecular flexibility index (Phi) is 3.46. The molecule has 0 bridgehead atoms. The zero-order valence-corrected chi connectivity index (χ0v) is 17.7. The summed E-state index contributed by atoms with van der Waals surface area (Å²) in [5.74, 6) is -0.587. The van der Waals surface area contributed by atoms with Crippen LogP contribution in [-0.2, 0) is 15.3 Å². The molecule has 3 aromatic rings. The first kappa shape index (κ1) is 18.1. The molecular weight excluding hydrogens is 370 g/mol. The predicted octanol–water partition coefficient (Wildman–Crippen LogP) is 5.69. The maximum absolute atomic E-state index is 10.8. The first-order chi connectivity index (χ1) is 13.1. The van der Waals surface area contributed by atoms with Crippen molar-refractivity contribution in [3.05, 3.63) is 48.0 Å². The lowest BCUT2D eigenvalue weighted by Gasteiger charge is -2.36. The molecule has 2 aliphatic heterocycles. The summed E-state index contributed by atoms with van der Waals surface area (Å²) in [6.07, 6.45) is 0. The number of epoxide rings is 1. The highest BCUT2D eigenvalue weighted by molar-refractivity contribution is 7.21. The number of phenols is 1. The molecule has 0 saturated carbocycles. The third kappa shape index (κ3) is 2.10. The molecule has 2 atom stereocenters. The molecular formula is C23H25NO3S. The lowest BCUT2D eigenvalue weighted by molar-refractivity contribution is -0.0810. The number of rotatable bonds is 2. The third-order valence-electron chi connectivity index (χ3n) is 6.27. The van der Waals surface area contributed by atoms with E-state index in [-0.39, 0.29) is 16.6 Å². The Balaban J connectivity index is 1.58. The van der Waals surface area contributed by atoms with Crippen molar-refractivity contribution in [3.8, 4) is 16.3 Å². The Morgan fingerprint density at radius 1 is 1.11 bits per heavy atom. The molecule has 2 saturated heterocycles. The van der Waals surface area contributed by atoms with Gasteiger partial charge in [-0.25, -0.2) is 4.98 Å². The number of hydrogen-bond donors (Lipinski definition) is 1. The molecule has 1 N–H and O–H groups in total. The van der Waals surface area contributed by atoms with Crippen LogP contribution in [0.4, 0.5) is 0 Å². The number of para-hydroxylation sites is 1. The Morgan fingerprint density at radius 2 is 1.86 bits per heavy atom. The summed E-state index contributed by atoms with van der Waals surface area (Å²) in [6.45, 7) is 11.6. The molecule has 0 radical (unpaired) electrons. The summed E-state index contributed by atoms with van der Waals surface area (Å²) in [4.78, 5) is 4.67. The van der Waals surface area contributed by atoms with Crippen LogP contribution in [0.1, 0.15) is 40.2 Å². The molecule has 146 valence electrons. The number of ether oxygens (including phenoxy) is 2. The fourth-order valence-electron chi connectivity index (χ4n) is 5.20. The molecule has 1 aromatic heterocycles. The summed E-state index contributed by atoms with van der Waals surface area (Å²) < 4.78 is 13.8. The van der Waals surface area contributed by atoms with Crippen LogP contribution in [0.2, 0.25) is 0 Å². The van der Waals surface area contributed by atoms with Crippen LogP contribution in [0.5, 0.6) is 5.75 Å². The first-order valence-corrected chi connectivity index (χ1v) is 10.5. The average Bonchev–Trinajstić information content (AvgIpc) is 3.08. The van der Waals surface area contributed by atoms with Gasteiger partial charge in [-0.3, -0.25) is 0 Å². The van der Waals surface area contributed by atoms with Gasteiger partial charge in [-0.2, -0.15) is 0 Å². The molecule has 0 aliphatic carbocycles. The zero-order chi connectivity index (χ0) is 19.9. The van der Waals surface area contributed by atoms with Crippen molar-refractivity contribution in [1.29, 1.82) is 0 Å². The van der Waals surface area contributed by atoms with Gasteiger partial charge in [0.15, 0.2) is 0 Å². The fraction of sp³-hybridized carbons (Fsp3) is 0.435. The van der Waals surface area contributed by atoms with Crippen LogP contribution < -0.4 is 0 Å². The highest BCUT2D eigenvalue weighted by Crippen LogP contribution is 2.75. The molecule has 5 rings (SSSR count). The number of phenolic OH excluding ortho intramolecular Hbond substituents is 1. The lowest BCUT2D eigenvalue weighted by atomic mass is 9.63. The van der Waals surface area contributed by atoms with Gasteiger partial charge in [0.2, 0.25) is 5.79 Å². The van der Waals surface area contributed by atoms with Gasteiger partial charge >= 0.3 is 0 Å². The average molecular weight is 396 g/mol. The quantitative estimate of drug-likeness (QED) is 0.566. The van der Waals surface area contributed by atoms with E-state index >= 15 is 0 Å². The van der Waals surface area contributed by atoms with Crippen LogP contribution in [0, 0.1) is 10.8 Å². The summed E-state index contributed by atoms with van der Waals surface area (Å²) in [6, 6.07) is 13.7. The van der Waals surface area contributed by atoms with Gasteiger partial charge in [0.1, 0.15) is 16.4 Å². The monoisotopic (exact) mass is 395 g/mol. The summed E-state index contributed by atoms with van der Waals surface area (Å²) in [7, 11) is 0. The van der Waals surface area contributed by atoms with Crippen molar-refractivity contribution in [2.45, 2.75) is 46.0 Å². The fourth-order valence-corrected chi connectivity index (χ4v) is 6.20. The SMILES string of the molecule is CC(C)(C)[C@@]12O[C@]1(c1ccc(-c3nc4ccccc4s3)c(O)c1)OCC2(C)C. The van der Waals surface area contributed by atoms with Gasteiger partial charge in [0, 0.05) is 11.0 Å². The van der Waals surface area contributed by atoms with Crippen molar-refractivity contribution in [2.24, 2.45) is 10.8 Å². The number of nitrogens with zero attached hydrogens (tertiary/aromatic N) is 1. The third-order valence-corrected chi connectivity index (χ3v) is 7.34. The minimum atomic E-state index is -0.793. The minimum absolute atomic E-state index is 0.103. The van der Waals surface area contributed by atoms with E-state index in [0.717, 1.165) is 26.4 Å². The van der Waals surface area contributed by atoms with E-state index in [2.05, 4.69) is 39.6 Å². The van der Waals surface area contributed by atoms with Gasteiger partial charge in [-0.05, 0) is 29.7 Å². The highest BCUT2D eigenvalue weighted by Gasteiger charge is 2.86. The normalized spacial score (nSPS) is 28.5. The van der Waals surface area contributed by atoms with Crippen molar-refractivity contribution in [3.63, 3.8) is 0 Å². The van der Waals surface area contributed by atoms with Gasteiger partial charge in [-0.1, -0.05) is 52.8 Å². The topological polar surface area (TPSA) is 54.9 Å². The molecule has 5 heteroatoms. The first-order valence-electron chi connectivity index (χ1n) is 9.65. The van der Waals surface area contributed by atoms with E-state index in [4.69, 9.17) is 9.47 Å². The van der Waals surface area contributed by atoms with E-state index in [1.807, 2.05) is 36.4 Å². The van der Waals surface area contributed by atoms with Crippen LogP contribution in [-0.4, -0.2) is 22.3 Å². The second kappa shape index (κ2) is 5.35. The van der Waals surface area contributed by atoms with Gasteiger partial charge in [0.25, 0.3) is 0 Å². The summed E-state index contributed by atoms with van der Waals surface area (Å²) in [5.41, 5.74) is 1.91. The minimum Gasteiger partial charge on any atom is -0.507 e. The van der Waals surface area contributed by atoms with Crippen LogP contribution in [0.15, 0.2) is 42.5 Å². The number of fused-ring (bicyclic) bond motifs is 2. The van der Waals surface area contributed by atoms with E-state index in [1.165, 1.54) is 0 Å². The maximum atomic E-state index is 10.8. The molecule has 28 heavy (non-hydrogen) atoms. The van der Waals surface area contributed by atoms with E-state index in [0.29, 0.717) is 6.61 Å². The molecule has 3 heterocycles. The molecule has 4 nitrogen and oxygen atoms in total. The number of benzene rings is 2. The smallest absolute Gasteiger partial charge is 0.227 e. The summed E-state index contributed by atoms with van der Waals surface area (Å²) in [5, 5.41) is 11.6. The van der Waals surface area contributed by atoms with E-state index < -0.39 is 11.4 Å². The number of thiazole rings is 1. The van der Waals surface area contributed by atoms with Gasteiger partial charge < -0.3 is 14.6 Å². The molecule has 0 spiro atoms.